The van der Waals surface area contributed by atoms with Gasteiger partial charge in [0.15, 0.2) is 0 Å². The summed E-state index contributed by atoms with van der Waals surface area (Å²) in [4.78, 5) is 11.5. The van der Waals surface area contributed by atoms with Crippen LogP contribution in [0.5, 0.6) is 0 Å². The minimum absolute atomic E-state index is 0.148. The molecule has 1 unspecified atom stereocenters. The molecule has 3 rings (SSSR count). The van der Waals surface area contributed by atoms with Gasteiger partial charge in [0.1, 0.15) is 11.6 Å². The molecule has 1 aromatic carbocycles. The largest absolute Gasteiger partial charge is 0.478 e. The fraction of sp³-hybridized carbons (Fsp3) is 0.348. The van der Waals surface area contributed by atoms with Crippen molar-refractivity contribution in [2.24, 2.45) is 0 Å². The summed E-state index contributed by atoms with van der Waals surface area (Å²) >= 11 is 0. The first kappa shape index (κ1) is 24.3. The van der Waals surface area contributed by atoms with Gasteiger partial charge in [-0.05, 0) is 49.7 Å². The van der Waals surface area contributed by atoms with E-state index in [2.05, 4.69) is 0 Å². The Labute approximate surface area is 170 Å². The summed E-state index contributed by atoms with van der Waals surface area (Å²) in [6, 6.07) is 8.82. The lowest BCUT2D eigenvalue weighted by molar-refractivity contribution is 0.0450. The zero-order valence-electron chi connectivity index (χ0n) is 17.8. The van der Waals surface area contributed by atoms with E-state index in [1.54, 1.807) is 38.2 Å². The molecule has 0 bridgehead atoms. The lowest BCUT2D eigenvalue weighted by Gasteiger charge is -2.20. The fourth-order valence-corrected chi connectivity index (χ4v) is 2.99. The second-order valence-electron chi connectivity index (χ2n) is 5.83. The summed E-state index contributed by atoms with van der Waals surface area (Å²) in [6.07, 6.45) is 1.24. The second-order valence-corrected chi connectivity index (χ2v) is 5.83. The third kappa shape index (κ3) is 5.41. The Kier molecular flexibility index (Phi) is 9.48. The third-order valence-electron chi connectivity index (χ3n) is 4.28. The van der Waals surface area contributed by atoms with Crippen molar-refractivity contribution in [2.75, 3.05) is 0 Å². The maximum Gasteiger partial charge on any atom is 0.336 e. The molecule has 2 aromatic heterocycles. The van der Waals surface area contributed by atoms with Crippen LogP contribution in [0.1, 0.15) is 67.9 Å². The summed E-state index contributed by atoms with van der Waals surface area (Å²) in [7, 11) is 0. The van der Waals surface area contributed by atoms with Gasteiger partial charge < -0.3 is 14.2 Å². The Morgan fingerprint density at radius 3 is 2.24 bits per heavy atom. The molecule has 0 aliphatic heterocycles. The monoisotopic (exact) mass is 405 g/mol. The van der Waals surface area contributed by atoms with Gasteiger partial charge in [-0.3, -0.25) is 0 Å². The zero-order chi connectivity index (χ0) is 22.1. The van der Waals surface area contributed by atoms with Crippen LogP contribution in [-0.2, 0) is 11.3 Å². The number of benzene rings is 1. The predicted octanol–water partition coefficient (Wildman–Crippen LogP) is 6.55. The van der Waals surface area contributed by atoms with Crippen LogP contribution in [0.2, 0.25) is 0 Å². The Morgan fingerprint density at radius 2 is 1.69 bits per heavy atom. The number of carbonyl (C=O) groups is 1. The standard InChI is InChI=1S/C19H17F2NO3.2C2H6/c1-11-14(19(23)24)9-13-5-4-8-22(13)18(11)12(2)25-10-15-16(20)6-3-7-17(15)21;2*1-2/h3-9,12H,10H2,1-2H3,(H,23,24);2*1-2H3. The van der Waals surface area contributed by atoms with Gasteiger partial charge in [-0.25, -0.2) is 13.6 Å². The Balaban J connectivity index is 0.000000989. The molecule has 1 N–H and O–H groups in total. The van der Waals surface area contributed by atoms with Crippen LogP contribution in [0, 0.1) is 18.6 Å². The zero-order valence-corrected chi connectivity index (χ0v) is 17.8. The van der Waals surface area contributed by atoms with Crippen LogP contribution < -0.4 is 0 Å². The number of halogens is 2. The van der Waals surface area contributed by atoms with Gasteiger partial charge in [-0.15, -0.1) is 0 Å². The van der Waals surface area contributed by atoms with Crippen molar-refractivity contribution >= 4 is 11.5 Å². The van der Waals surface area contributed by atoms with Crippen molar-refractivity contribution in [1.82, 2.24) is 4.40 Å². The molecular weight excluding hydrogens is 376 g/mol. The van der Waals surface area contributed by atoms with Crippen molar-refractivity contribution < 1.29 is 23.4 Å². The maximum atomic E-state index is 13.8. The molecule has 0 aliphatic rings. The summed E-state index contributed by atoms with van der Waals surface area (Å²) < 4.78 is 35.0. The highest BCUT2D eigenvalue weighted by Gasteiger charge is 2.20. The number of aromatic carboxylic acids is 1. The van der Waals surface area contributed by atoms with Gasteiger partial charge in [0.25, 0.3) is 0 Å². The van der Waals surface area contributed by atoms with Crippen LogP contribution in [0.3, 0.4) is 0 Å². The quantitative estimate of drug-likeness (QED) is 0.523. The first-order valence-corrected chi connectivity index (χ1v) is 9.78. The number of pyridine rings is 1. The van der Waals surface area contributed by atoms with E-state index in [1.165, 1.54) is 18.2 Å². The molecule has 0 radical (unpaired) electrons. The fourth-order valence-electron chi connectivity index (χ4n) is 2.99. The number of hydrogen-bond donors (Lipinski definition) is 1. The van der Waals surface area contributed by atoms with E-state index in [-0.39, 0.29) is 17.7 Å². The Morgan fingerprint density at radius 1 is 1.10 bits per heavy atom. The minimum atomic E-state index is -1.03. The van der Waals surface area contributed by atoms with Crippen LogP contribution in [0.25, 0.3) is 5.52 Å². The number of rotatable bonds is 5. The second kappa shape index (κ2) is 11.3. The summed E-state index contributed by atoms with van der Waals surface area (Å²) in [6.45, 7) is 11.2. The van der Waals surface area contributed by atoms with E-state index >= 15 is 0 Å². The number of hydrogen-bond acceptors (Lipinski definition) is 2. The van der Waals surface area contributed by atoms with Gasteiger partial charge in [0.2, 0.25) is 0 Å². The Hall–Kier alpha value is -2.73. The number of aromatic nitrogens is 1. The number of carboxylic acids is 1. The van der Waals surface area contributed by atoms with Crippen LogP contribution in [0.15, 0.2) is 42.6 Å². The molecule has 0 saturated carbocycles. The molecular formula is C23H29F2NO3. The number of ether oxygens (including phenoxy) is 1. The van der Waals surface area contributed by atoms with Crippen molar-refractivity contribution in [2.45, 2.75) is 54.3 Å². The molecule has 0 aliphatic carbocycles. The molecule has 6 heteroatoms. The van der Waals surface area contributed by atoms with Crippen LogP contribution in [-0.4, -0.2) is 15.5 Å². The molecule has 3 aromatic rings. The summed E-state index contributed by atoms with van der Waals surface area (Å²) in [5.74, 6) is -2.38. The summed E-state index contributed by atoms with van der Waals surface area (Å²) in [5, 5.41) is 9.40. The van der Waals surface area contributed by atoms with E-state index in [9.17, 15) is 18.7 Å². The highest BCUT2D eigenvalue weighted by Crippen LogP contribution is 2.28. The van der Waals surface area contributed by atoms with E-state index in [1.807, 2.05) is 32.1 Å². The van der Waals surface area contributed by atoms with Gasteiger partial charge in [0.05, 0.1) is 24.0 Å². The van der Waals surface area contributed by atoms with Crippen molar-refractivity contribution in [1.29, 1.82) is 0 Å². The Bertz CT molecular complexity index is 930. The van der Waals surface area contributed by atoms with Crippen molar-refractivity contribution in [3.8, 4) is 0 Å². The van der Waals surface area contributed by atoms with E-state index in [4.69, 9.17) is 4.74 Å². The van der Waals surface area contributed by atoms with Crippen molar-refractivity contribution in [3.05, 3.63) is 76.6 Å². The topological polar surface area (TPSA) is 50.9 Å². The highest BCUT2D eigenvalue weighted by molar-refractivity contribution is 5.91. The lowest BCUT2D eigenvalue weighted by Crippen LogP contribution is -2.13. The van der Waals surface area contributed by atoms with Gasteiger partial charge in [-0.1, -0.05) is 33.8 Å². The average molecular weight is 405 g/mol. The normalized spacial score (nSPS) is 11.2. The minimum Gasteiger partial charge on any atom is -0.478 e. The average Bonchev–Trinajstić information content (AvgIpc) is 3.18. The first-order chi connectivity index (χ1) is 13.9. The summed E-state index contributed by atoms with van der Waals surface area (Å²) in [5.41, 5.74) is 1.93. The van der Waals surface area contributed by atoms with Gasteiger partial charge in [0, 0.05) is 17.3 Å². The van der Waals surface area contributed by atoms with Crippen LogP contribution >= 0.6 is 0 Å². The predicted molar refractivity (Wildman–Crippen MR) is 111 cm³/mol. The molecule has 0 saturated heterocycles. The molecule has 0 spiro atoms. The molecule has 0 fully saturated rings. The van der Waals surface area contributed by atoms with E-state index in [0.29, 0.717) is 16.8 Å². The van der Waals surface area contributed by atoms with Gasteiger partial charge in [-0.2, -0.15) is 0 Å². The molecule has 29 heavy (non-hydrogen) atoms. The third-order valence-corrected chi connectivity index (χ3v) is 4.28. The number of nitrogens with zero attached hydrogens (tertiary/aromatic N) is 1. The molecule has 158 valence electrons. The number of carboxylic acid groups (broad SMARTS) is 1. The van der Waals surface area contributed by atoms with E-state index < -0.39 is 23.7 Å². The molecule has 1 atom stereocenters. The smallest absolute Gasteiger partial charge is 0.336 e. The van der Waals surface area contributed by atoms with Crippen molar-refractivity contribution in [3.63, 3.8) is 0 Å². The maximum absolute atomic E-state index is 13.8. The SMILES string of the molecule is CC.CC.Cc1c(C(=O)O)cc2cccn2c1C(C)OCc1c(F)cccc1F. The highest BCUT2D eigenvalue weighted by atomic mass is 19.1. The van der Waals surface area contributed by atoms with Gasteiger partial charge >= 0.3 is 5.97 Å². The molecule has 0 amide bonds. The van der Waals surface area contributed by atoms with E-state index in [0.717, 1.165) is 0 Å². The molecule has 4 nitrogen and oxygen atoms in total. The number of fused-ring (bicyclic) bond motifs is 1. The van der Waals surface area contributed by atoms with Crippen LogP contribution in [0.4, 0.5) is 8.78 Å². The molecule has 2 heterocycles. The lowest BCUT2D eigenvalue weighted by atomic mass is 10.0. The first-order valence-electron chi connectivity index (χ1n) is 9.78.